The number of rotatable bonds is 2. The Labute approximate surface area is 173 Å². The highest BCUT2D eigenvalue weighted by Crippen LogP contribution is 2.55. The van der Waals surface area contributed by atoms with Gasteiger partial charge in [-0.05, 0) is 38.5 Å². The minimum atomic E-state index is -1.19. The van der Waals surface area contributed by atoms with Gasteiger partial charge in [0.1, 0.15) is 11.2 Å². The lowest BCUT2D eigenvalue weighted by Crippen LogP contribution is -2.52. The van der Waals surface area contributed by atoms with E-state index in [1.54, 1.807) is 0 Å². The van der Waals surface area contributed by atoms with Gasteiger partial charge in [-0.1, -0.05) is 44.1 Å². The van der Waals surface area contributed by atoms with Crippen LogP contribution >= 0.6 is 0 Å². The van der Waals surface area contributed by atoms with Crippen molar-refractivity contribution < 1.29 is 19.2 Å². The lowest BCUT2D eigenvalue weighted by atomic mass is 9.54. The normalized spacial score (nSPS) is 37.9. The van der Waals surface area contributed by atoms with Crippen molar-refractivity contribution in [3.8, 4) is 0 Å². The van der Waals surface area contributed by atoms with Crippen LogP contribution in [0.15, 0.2) is 23.3 Å². The van der Waals surface area contributed by atoms with Crippen LogP contribution in [-0.4, -0.2) is 29.3 Å². The second-order valence-electron chi connectivity index (χ2n) is 9.61. The summed E-state index contributed by atoms with van der Waals surface area (Å²) >= 11 is 0. The Kier molecular flexibility index (Phi) is 5.98. The molecular weight excluding hydrogens is 366 g/mol. The monoisotopic (exact) mass is 399 g/mol. The first-order chi connectivity index (χ1) is 13.6. The van der Waals surface area contributed by atoms with Gasteiger partial charge < -0.3 is 5.32 Å². The van der Waals surface area contributed by atoms with Crippen LogP contribution in [0, 0.1) is 29.1 Å². The van der Waals surface area contributed by atoms with E-state index >= 15 is 0 Å². The Morgan fingerprint density at radius 2 is 1.62 bits per heavy atom. The van der Waals surface area contributed by atoms with Crippen molar-refractivity contribution >= 4 is 23.3 Å². The molecule has 1 saturated heterocycles. The molecule has 0 aromatic heterocycles. The van der Waals surface area contributed by atoms with Crippen molar-refractivity contribution in [1.82, 2.24) is 5.32 Å². The van der Waals surface area contributed by atoms with Gasteiger partial charge in [0.15, 0.2) is 11.6 Å². The van der Waals surface area contributed by atoms with E-state index in [1.807, 2.05) is 13.0 Å². The van der Waals surface area contributed by atoms with E-state index in [4.69, 9.17) is 0 Å². The summed E-state index contributed by atoms with van der Waals surface area (Å²) in [4.78, 5) is 51.5. The zero-order valence-corrected chi connectivity index (χ0v) is 18.2. The number of carbonyl (C=O) groups is 4. The van der Waals surface area contributed by atoms with Crippen LogP contribution < -0.4 is 5.32 Å². The molecule has 0 bridgehead atoms. The molecule has 0 saturated carbocycles. The predicted octanol–water partition coefficient (Wildman–Crippen LogP) is 3.57. The van der Waals surface area contributed by atoms with Crippen molar-refractivity contribution in [3.63, 3.8) is 0 Å². The fourth-order valence-electron chi connectivity index (χ4n) is 5.62. The highest BCUT2D eigenvalue weighted by atomic mass is 16.2. The lowest BCUT2D eigenvalue weighted by molar-refractivity contribution is -0.146. The number of hydrogen-bond acceptors (Lipinski definition) is 4. The second-order valence-corrected chi connectivity index (χ2v) is 9.61. The molecule has 3 rings (SSSR count). The summed E-state index contributed by atoms with van der Waals surface area (Å²) in [5.74, 6) is -1.31. The van der Waals surface area contributed by atoms with Gasteiger partial charge in [-0.3, -0.25) is 19.2 Å². The van der Waals surface area contributed by atoms with E-state index in [-0.39, 0.29) is 54.7 Å². The van der Waals surface area contributed by atoms with Crippen molar-refractivity contribution in [2.45, 2.75) is 72.8 Å². The fourth-order valence-corrected chi connectivity index (χ4v) is 5.62. The van der Waals surface area contributed by atoms with E-state index < -0.39 is 17.0 Å². The Morgan fingerprint density at radius 1 is 1.00 bits per heavy atom. The van der Waals surface area contributed by atoms with Gasteiger partial charge in [0.25, 0.3) is 0 Å². The predicted molar refractivity (Wildman–Crippen MR) is 111 cm³/mol. The molecule has 1 heterocycles. The topological polar surface area (TPSA) is 80.3 Å². The SMILES string of the molecule is CC1=C[C@@H]2/C=C(/C)CCC(=O)C(=O)CCC(=O)[C@]23C(=O)N[C@@H](CC(C)C)[C@@H]3[C@@H]1C. The molecule has 3 aliphatic rings. The van der Waals surface area contributed by atoms with Gasteiger partial charge in [-0.2, -0.15) is 0 Å². The molecule has 5 nitrogen and oxygen atoms in total. The molecule has 1 aliphatic heterocycles. The van der Waals surface area contributed by atoms with E-state index in [2.05, 4.69) is 39.1 Å². The smallest absolute Gasteiger partial charge is 0.235 e. The molecule has 5 heteroatoms. The van der Waals surface area contributed by atoms with Crippen LogP contribution in [0.25, 0.3) is 0 Å². The molecule has 0 unspecified atom stereocenters. The van der Waals surface area contributed by atoms with Crippen LogP contribution in [0.1, 0.15) is 66.7 Å². The Bertz CT molecular complexity index is 806. The van der Waals surface area contributed by atoms with Gasteiger partial charge >= 0.3 is 0 Å². The van der Waals surface area contributed by atoms with Crippen LogP contribution in [0.4, 0.5) is 0 Å². The zero-order chi connectivity index (χ0) is 21.5. The van der Waals surface area contributed by atoms with Crippen molar-refractivity contribution in [2.24, 2.45) is 29.1 Å². The molecular formula is C24H33NO4. The molecule has 29 heavy (non-hydrogen) atoms. The molecule has 0 radical (unpaired) electrons. The zero-order valence-electron chi connectivity index (χ0n) is 18.2. The van der Waals surface area contributed by atoms with Crippen LogP contribution in [-0.2, 0) is 19.2 Å². The molecule has 1 amide bonds. The number of Topliss-reactive ketones (excluding diaryl/α,β-unsaturated/α-hetero) is 3. The average Bonchev–Trinajstić information content (AvgIpc) is 2.93. The van der Waals surface area contributed by atoms with E-state index in [1.165, 1.54) is 5.57 Å². The third-order valence-corrected chi connectivity index (χ3v) is 7.16. The largest absolute Gasteiger partial charge is 0.352 e. The highest BCUT2D eigenvalue weighted by molar-refractivity contribution is 6.37. The number of allylic oxidation sites excluding steroid dienone is 4. The first-order valence-corrected chi connectivity index (χ1v) is 10.8. The number of amides is 1. The van der Waals surface area contributed by atoms with Crippen LogP contribution in [0.5, 0.6) is 0 Å². The van der Waals surface area contributed by atoms with Gasteiger partial charge in [0.05, 0.1) is 0 Å². The number of hydrogen-bond donors (Lipinski definition) is 1. The average molecular weight is 400 g/mol. The molecule has 0 aromatic rings. The van der Waals surface area contributed by atoms with E-state index in [0.717, 1.165) is 12.0 Å². The summed E-state index contributed by atoms with van der Waals surface area (Å²) in [6.07, 6.45) is 5.39. The summed E-state index contributed by atoms with van der Waals surface area (Å²) in [5, 5.41) is 3.16. The van der Waals surface area contributed by atoms with Gasteiger partial charge in [-0.25, -0.2) is 0 Å². The number of nitrogens with one attached hydrogen (secondary N) is 1. The standard InChI is InChI=1S/C24H33NO4/c1-13(2)10-18-22-16(5)15(4)12-17-11-14(3)6-7-19(26)20(27)8-9-21(28)24(17,22)23(29)25-18/h11-13,16-18,22H,6-10H2,1-5H3,(H,25,29)/b14-11-/t16-,17+,18+,22+,24-/m1/s1. The maximum absolute atomic E-state index is 13.7. The van der Waals surface area contributed by atoms with Crippen molar-refractivity contribution in [2.75, 3.05) is 0 Å². The third-order valence-electron chi connectivity index (χ3n) is 7.16. The van der Waals surface area contributed by atoms with Gasteiger partial charge in [0, 0.05) is 37.1 Å². The van der Waals surface area contributed by atoms with E-state index in [9.17, 15) is 19.2 Å². The van der Waals surface area contributed by atoms with Gasteiger partial charge in [0.2, 0.25) is 5.91 Å². The third kappa shape index (κ3) is 3.64. The fraction of sp³-hybridized carbons (Fsp3) is 0.667. The number of ketones is 3. The summed E-state index contributed by atoms with van der Waals surface area (Å²) in [6.45, 7) is 10.3. The van der Waals surface area contributed by atoms with Gasteiger partial charge in [-0.15, -0.1) is 0 Å². The Balaban J connectivity index is 2.17. The molecule has 158 valence electrons. The summed E-state index contributed by atoms with van der Waals surface area (Å²) in [7, 11) is 0. The minimum Gasteiger partial charge on any atom is -0.352 e. The lowest BCUT2D eigenvalue weighted by Gasteiger charge is -2.45. The molecule has 1 fully saturated rings. The molecule has 1 N–H and O–H groups in total. The molecule has 5 atom stereocenters. The maximum atomic E-state index is 13.7. The number of carbonyl (C=O) groups excluding carboxylic acids is 4. The Morgan fingerprint density at radius 3 is 2.24 bits per heavy atom. The quantitative estimate of drug-likeness (QED) is 0.437. The van der Waals surface area contributed by atoms with Crippen LogP contribution in [0.3, 0.4) is 0 Å². The molecule has 2 aliphatic carbocycles. The highest BCUT2D eigenvalue weighted by Gasteiger charge is 2.65. The molecule has 0 aromatic carbocycles. The van der Waals surface area contributed by atoms with E-state index in [0.29, 0.717) is 12.3 Å². The first-order valence-electron chi connectivity index (χ1n) is 10.8. The summed E-state index contributed by atoms with van der Waals surface area (Å²) in [5.41, 5.74) is 0.954. The second kappa shape index (κ2) is 8.00. The summed E-state index contributed by atoms with van der Waals surface area (Å²) < 4.78 is 0. The maximum Gasteiger partial charge on any atom is 0.235 e. The Hall–Kier alpha value is -2.04. The van der Waals surface area contributed by atoms with Crippen LogP contribution in [0.2, 0.25) is 0 Å². The first kappa shape index (κ1) is 21.7. The van der Waals surface area contributed by atoms with Crippen molar-refractivity contribution in [3.05, 3.63) is 23.3 Å². The summed E-state index contributed by atoms with van der Waals surface area (Å²) in [6, 6.07) is -0.0660. The molecule has 1 spiro atoms. The van der Waals surface area contributed by atoms with Crippen molar-refractivity contribution in [1.29, 1.82) is 0 Å². The minimum absolute atomic E-state index is 0.0497.